The smallest absolute Gasteiger partial charge is 0.228 e. The fourth-order valence-electron chi connectivity index (χ4n) is 3.32. The number of nitrogens with one attached hydrogen (secondary N) is 1. The Hall–Kier alpha value is -3.81. The number of carbonyl (C=O) groups excluding carboxylic acids is 1. The molecule has 30 heavy (non-hydrogen) atoms. The van der Waals surface area contributed by atoms with Crippen molar-refractivity contribution in [3.05, 3.63) is 77.2 Å². The van der Waals surface area contributed by atoms with Crippen molar-refractivity contribution in [3.63, 3.8) is 0 Å². The van der Waals surface area contributed by atoms with Crippen LogP contribution in [0.3, 0.4) is 0 Å². The van der Waals surface area contributed by atoms with Crippen molar-refractivity contribution in [2.75, 3.05) is 5.32 Å². The standard InChI is InChI=1S/C22H20FN5O2/c1-13-19(14(2)28(26-13)17-10-8-16(23)9-11-17)12-21(29)25-20-7-5-4-6-18(20)22-24-15(3)30-27-22/h4-11H,12H2,1-3H3,(H,25,29). The van der Waals surface area contributed by atoms with E-state index in [0.29, 0.717) is 23.0 Å². The maximum absolute atomic E-state index is 13.2. The summed E-state index contributed by atoms with van der Waals surface area (Å²) in [5.74, 6) is 0.369. The molecule has 0 spiro atoms. The van der Waals surface area contributed by atoms with Crippen molar-refractivity contribution in [3.8, 4) is 17.1 Å². The van der Waals surface area contributed by atoms with E-state index in [1.165, 1.54) is 12.1 Å². The van der Waals surface area contributed by atoms with E-state index in [4.69, 9.17) is 4.52 Å². The van der Waals surface area contributed by atoms with E-state index in [0.717, 1.165) is 22.6 Å². The van der Waals surface area contributed by atoms with Gasteiger partial charge in [-0.3, -0.25) is 4.79 Å². The van der Waals surface area contributed by atoms with Crippen LogP contribution >= 0.6 is 0 Å². The molecule has 2 aromatic carbocycles. The van der Waals surface area contributed by atoms with Crippen LogP contribution in [0.1, 0.15) is 22.8 Å². The molecule has 0 atom stereocenters. The normalized spacial score (nSPS) is 10.9. The van der Waals surface area contributed by atoms with E-state index in [1.807, 2.05) is 32.0 Å². The number of hydrogen-bond acceptors (Lipinski definition) is 5. The maximum Gasteiger partial charge on any atom is 0.228 e. The van der Waals surface area contributed by atoms with E-state index in [9.17, 15) is 9.18 Å². The predicted molar refractivity (Wildman–Crippen MR) is 110 cm³/mol. The molecule has 0 radical (unpaired) electrons. The second kappa shape index (κ2) is 7.90. The van der Waals surface area contributed by atoms with Gasteiger partial charge in [-0.25, -0.2) is 9.07 Å². The van der Waals surface area contributed by atoms with Gasteiger partial charge >= 0.3 is 0 Å². The molecule has 8 heteroatoms. The predicted octanol–water partition coefficient (Wildman–Crippen LogP) is 4.17. The molecule has 0 saturated carbocycles. The topological polar surface area (TPSA) is 85.8 Å². The quantitative estimate of drug-likeness (QED) is 0.539. The lowest BCUT2D eigenvalue weighted by Gasteiger charge is -2.09. The summed E-state index contributed by atoms with van der Waals surface area (Å²) in [5, 5.41) is 11.4. The van der Waals surface area contributed by atoms with Gasteiger partial charge in [0.1, 0.15) is 5.82 Å². The van der Waals surface area contributed by atoms with E-state index < -0.39 is 0 Å². The van der Waals surface area contributed by atoms with Crippen LogP contribution in [-0.4, -0.2) is 25.8 Å². The second-order valence-corrected chi connectivity index (χ2v) is 6.95. The number of para-hydroxylation sites is 1. The molecule has 0 aliphatic rings. The Bertz CT molecular complexity index is 1210. The molecular formula is C22H20FN5O2. The van der Waals surface area contributed by atoms with Crippen LogP contribution < -0.4 is 5.32 Å². The molecule has 0 aliphatic heterocycles. The highest BCUT2D eigenvalue weighted by Crippen LogP contribution is 2.26. The average molecular weight is 405 g/mol. The number of aromatic nitrogens is 4. The van der Waals surface area contributed by atoms with Gasteiger partial charge in [0.25, 0.3) is 0 Å². The van der Waals surface area contributed by atoms with E-state index in [2.05, 4.69) is 20.6 Å². The van der Waals surface area contributed by atoms with Crippen LogP contribution in [0.2, 0.25) is 0 Å². The van der Waals surface area contributed by atoms with Gasteiger partial charge in [-0.15, -0.1) is 0 Å². The van der Waals surface area contributed by atoms with Crippen LogP contribution in [0, 0.1) is 26.6 Å². The second-order valence-electron chi connectivity index (χ2n) is 6.95. The Balaban J connectivity index is 1.57. The van der Waals surface area contributed by atoms with Crippen LogP contribution in [0.5, 0.6) is 0 Å². The Kier molecular flexibility index (Phi) is 5.14. The average Bonchev–Trinajstić information content (AvgIpc) is 3.27. The molecule has 0 aliphatic carbocycles. The zero-order chi connectivity index (χ0) is 21.3. The summed E-state index contributed by atoms with van der Waals surface area (Å²) in [7, 11) is 0. The van der Waals surface area contributed by atoms with Crippen LogP contribution in [0.15, 0.2) is 53.1 Å². The van der Waals surface area contributed by atoms with Crippen LogP contribution in [0.25, 0.3) is 17.1 Å². The Morgan fingerprint density at radius 2 is 1.83 bits per heavy atom. The molecule has 1 amide bonds. The van der Waals surface area contributed by atoms with Crippen LogP contribution in [-0.2, 0) is 11.2 Å². The molecule has 2 aromatic heterocycles. The zero-order valence-electron chi connectivity index (χ0n) is 16.8. The van der Waals surface area contributed by atoms with Gasteiger partial charge in [0, 0.05) is 23.7 Å². The van der Waals surface area contributed by atoms with Crippen LogP contribution in [0.4, 0.5) is 10.1 Å². The molecule has 0 saturated heterocycles. The summed E-state index contributed by atoms with van der Waals surface area (Å²) in [4.78, 5) is 17.0. The molecule has 2 heterocycles. The lowest BCUT2D eigenvalue weighted by Crippen LogP contribution is -2.16. The van der Waals surface area contributed by atoms with E-state index >= 15 is 0 Å². The summed E-state index contributed by atoms with van der Waals surface area (Å²) in [6.07, 6.45) is 0.151. The van der Waals surface area contributed by atoms with Gasteiger partial charge < -0.3 is 9.84 Å². The molecule has 4 aromatic rings. The van der Waals surface area contributed by atoms with Gasteiger partial charge in [0.2, 0.25) is 17.6 Å². The lowest BCUT2D eigenvalue weighted by atomic mass is 10.1. The van der Waals surface area contributed by atoms with Crippen molar-refractivity contribution < 1.29 is 13.7 Å². The largest absolute Gasteiger partial charge is 0.339 e. The summed E-state index contributed by atoms with van der Waals surface area (Å²) >= 11 is 0. The summed E-state index contributed by atoms with van der Waals surface area (Å²) < 4.78 is 20.0. The number of carbonyl (C=O) groups is 1. The maximum atomic E-state index is 13.2. The van der Waals surface area contributed by atoms with Crippen molar-refractivity contribution in [2.45, 2.75) is 27.2 Å². The number of halogens is 1. The first kappa shape index (κ1) is 19.5. The summed E-state index contributed by atoms with van der Waals surface area (Å²) in [6.45, 7) is 5.45. The first-order chi connectivity index (χ1) is 14.4. The number of anilines is 1. The number of benzene rings is 2. The first-order valence-corrected chi connectivity index (χ1v) is 9.43. The van der Waals surface area contributed by atoms with E-state index in [1.54, 1.807) is 29.8 Å². The van der Waals surface area contributed by atoms with Crippen molar-refractivity contribution >= 4 is 11.6 Å². The third-order valence-corrected chi connectivity index (χ3v) is 4.82. The summed E-state index contributed by atoms with van der Waals surface area (Å²) in [6, 6.07) is 13.4. The van der Waals surface area contributed by atoms with Gasteiger partial charge in [0.05, 0.1) is 23.5 Å². The van der Waals surface area contributed by atoms with Crippen molar-refractivity contribution in [2.24, 2.45) is 0 Å². The molecule has 152 valence electrons. The van der Waals surface area contributed by atoms with E-state index in [-0.39, 0.29) is 18.1 Å². The molecule has 0 fully saturated rings. The van der Waals surface area contributed by atoms with Gasteiger partial charge in [-0.2, -0.15) is 10.1 Å². The number of hydrogen-bond donors (Lipinski definition) is 1. The number of aryl methyl sites for hydroxylation is 2. The molecular weight excluding hydrogens is 385 g/mol. The first-order valence-electron chi connectivity index (χ1n) is 9.43. The van der Waals surface area contributed by atoms with Gasteiger partial charge in [-0.1, -0.05) is 17.3 Å². The molecule has 7 nitrogen and oxygen atoms in total. The highest BCUT2D eigenvalue weighted by atomic mass is 19.1. The molecule has 0 unspecified atom stereocenters. The fraction of sp³-hybridized carbons (Fsp3) is 0.182. The van der Waals surface area contributed by atoms with Crippen molar-refractivity contribution in [1.82, 2.24) is 19.9 Å². The Labute approximate surface area is 172 Å². The Morgan fingerprint density at radius 3 is 2.53 bits per heavy atom. The molecule has 0 bridgehead atoms. The minimum Gasteiger partial charge on any atom is -0.339 e. The summed E-state index contributed by atoms with van der Waals surface area (Å²) in [5.41, 5.74) is 4.42. The van der Waals surface area contributed by atoms with Gasteiger partial charge in [-0.05, 0) is 50.2 Å². The third-order valence-electron chi connectivity index (χ3n) is 4.82. The monoisotopic (exact) mass is 405 g/mol. The minimum atomic E-state index is -0.310. The zero-order valence-corrected chi connectivity index (χ0v) is 16.8. The SMILES string of the molecule is Cc1nc(-c2ccccc2NC(=O)Cc2c(C)nn(-c3ccc(F)cc3)c2C)no1. The highest BCUT2D eigenvalue weighted by molar-refractivity contribution is 5.96. The number of nitrogens with zero attached hydrogens (tertiary/aromatic N) is 4. The highest BCUT2D eigenvalue weighted by Gasteiger charge is 2.18. The van der Waals surface area contributed by atoms with Gasteiger partial charge in [0.15, 0.2) is 0 Å². The lowest BCUT2D eigenvalue weighted by molar-refractivity contribution is -0.115. The minimum absolute atomic E-state index is 0.151. The van der Waals surface area contributed by atoms with Crippen molar-refractivity contribution in [1.29, 1.82) is 0 Å². The number of amides is 1. The molecule has 4 rings (SSSR count). The fourth-order valence-corrected chi connectivity index (χ4v) is 3.32. The number of rotatable bonds is 5. The Morgan fingerprint density at radius 1 is 1.10 bits per heavy atom. The third kappa shape index (κ3) is 3.84. The molecule has 1 N–H and O–H groups in total.